The van der Waals surface area contributed by atoms with Crippen molar-refractivity contribution in [2.75, 3.05) is 19.5 Å². The fourth-order valence-electron chi connectivity index (χ4n) is 1.82. The number of hydrogen-bond donors (Lipinski definition) is 2. The van der Waals surface area contributed by atoms with Crippen molar-refractivity contribution in [1.82, 2.24) is 4.72 Å². The van der Waals surface area contributed by atoms with Crippen LogP contribution in [-0.4, -0.2) is 22.6 Å². The van der Waals surface area contributed by atoms with E-state index < -0.39 is 10.0 Å². The van der Waals surface area contributed by atoms with Crippen LogP contribution in [0.5, 0.6) is 5.75 Å². The Morgan fingerprint density at radius 3 is 2.14 bits per heavy atom. The smallest absolute Gasteiger partial charge is 0.240 e. The molecular formula is C15H18N2O3S. The summed E-state index contributed by atoms with van der Waals surface area (Å²) in [6.45, 7) is 0.655. The van der Waals surface area contributed by atoms with E-state index in [1.54, 1.807) is 31.4 Å². The van der Waals surface area contributed by atoms with Gasteiger partial charge in [0.2, 0.25) is 10.0 Å². The van der Waals surface area contributed by atoms with Crippen molar-refractivity contribution in [2.45, 2.75) is 11.4 Å². The van der Waals surface area contributed by atoms with Gasteiger partial charge in [-0.1, -0.05) is 12.1 Å². The van der Waals surface area contributed by atoms with Gasteiger partial charge in [-0.2, -0.15) is 0 Å². The van der Waals surface area contributed by atoms with Crippen molar-refractivity contribution < 1.29 is 13.2 Å². The SMILES string of the molecule is CNS(=O)(=O)c1ccc(NCc2ccc(OC)cc2)cc1. The van der Waals surface area contributed by atoms with E-state index in [2.05, 4.69) is 10.0 Å². The average Bonchev–Trinajstić information content (AvgIpc) is 2.54. The Balaban J connectivity index is 2.00. The van der Waals surface area contributed by atoms with Crippen molar-refractivity contribution in [3.05, 3.63) is 54.1 Å². The molecule has 0 bridgehead atoms. The van der Waals surface area contributed by atoms with Gasteiger partial charge in [-0.25, -0.2) is 13.1 Å². The zero-order valence-electron chi connectivity index (χ0n) is 12.0. The van der Waals surface area contributed by atoms with Crippen molar-refractivity contribution in [3.63, 3.8) is 0 Å². The molecule has 2 rings (SSSR count). The predicted molar refractivity (Wildman–Crippen MR) is 83.0 cm³/mol. The number of anilines is 1. The van der Waals surface area contributed by atoms with Crippen LogP contribution < -0.4 is 14.8 Å². The second kappa shape index (κ2) is 6.60. The first-order valence-electron chi connectivity index (χ1n) is 6.45. The summed E-state index contributed by atoms with van der Waals surface area (Å²) in [6, 6.07) is 14.4. The van der Waals surface area contributed by atoms with Crippen LogP contribution in [0.2, 0.25) is 0 Å². The van der Waals surface area contributed by atoms with Gasteiger partial charge >= 0.3 is 0 Å². The van der Waals surface area contributed by atoms with E-state index >= 15 is 0 Å². The van der Waals surface area contributed by atoms with Crippen molar-refractivity contribution in [3.8, 4) is 5.75 Å². The first kappa shape index (κ1) is 15.3. The highest BCUT2D eigenvalue weighted by molar-refractivity contribution is 7.89. The van der Waals surface area contributed by atoms with Crippen LogP contribution in [0.3, 0.4) is 0 Å². The van der Waals surface area contributed by atoms with Gasteiger partial charge in [0.25, 0.3) is 0 Å². The number of rotatable bonds is 6. The van der Waals surface area contributed by atoms with Gasteiger partial charge in [0.15, 0.2) is 0 Å². The summed E-state index contributed by atoms with van der Waals surface area (Å²) < 4.78 is 30.6. The second-order valence-corrected chi connectivity index (χ2v) is 6.32. The van der Waals surface area contributed by atoms with Crippen molar-refractivity contribution in [1.29, 1.82) is 0 Å². The zero-order valence-corrected chi connectivity index (χ0v) is 12.8. The fraction of sp³-hybridized carbons (Fsp3) is 0.200. The van der Waals surface area contributed by atoms with Gasteiger partial charge < -0.3 is 10.1 Å². The monoisotopic (exact) mass is 306 g/mol. The van der Waals surface area contributed by atoms with Crippen LogP contribution >= 0.6 is 0 Å². The lowest BCUT2D eigenvalue weighted by molar-refractivity contribution is 0.414. The first-order chi connectivity index (χ1) is 10.0. The molecule has 0 atom stereocenters. The van der Waals surface area contributed by atoms with Crippen molar-refractivity contribution >= 4 is 15.7 Å². The minimum atomic E-state index is -3.38. The standard InChI is InChI=1S/C15H18N2O3S/c1-16-21(18,19)15-9-5-13(6-10-15)17-11-12-3-7-14(20-2)8-4-12/h3-10,16-17H,11H2,1-2H3. The molecule has 0 amide bonds. The Hall–Kier alpha value is -2.05. The van der Waals surface area contributed by atoms with Gasteiger partial charge in [0.1, 0.15) is 5.75 Å². The van der Waals surface area contributed by atoms with Crippen LogP contribution in [0.1, 0.15) is 5.56 Å². The second-order valence-electron chi connectivity index (χ2n) is 4.43. The highest BCUT2D eigenvalue weighted by atomic mass is 32.2. The molecule has 0 radical (unpaired) electrons. The molecule has 0 aliphatic heterocycles. The molecule has 0 aliphatic rings. The Labute approximate surface area is 125 Å². The minimum absolute atomic E-state index is 0.250. The summed E-state index contributed by atoms with van der Waals surface area (Å²) in [5.74, 6) is 0.820. The summed E-state index contributed by atoms with van der Waals surface area (Å²) in [4.78, 5) is 0.250. The predicted octanol–water partition coefficient (Wildman–Crippen LogP) is 2.22. The summed E-state index contributed by atoms with van der Waals surface area (Å²) in [5.41, 5.74) is 1.98. The van der Waals surface area contributed by atoms with Crippen LogP contribution in [0.15, 0.2) is 53.4 Å². The zero-order chi connectivity index (χ0) is 15.3. The van der Waals surface area contributed by atoms with E-state index in [1.807, 2.05) is 24.3 Å². The average molecular weight is 306 g/mol. The Morgan fingerprint density at radius 1 is 1.00 bits per heavy atom. The molecule has 0 spiro atoms. The highest BCUT2D eigenvalue weighted by Gasteiger charge is 2.10. The topological polar surface area (TPSA) is 67.4 Å². The fourth-order valence-corrected chi connectivity index (χ4v) is 2.55. The molecule has 112 valence electrons. The molecule has 0 saturated heterocycles. The third-order valence-corrected chi connectivity index (χ3v) is 4.52. The van der Waals surface area contributed by atoms with E-state index in [0.29, 0.717) is 6.54 Å². The molecule has 2 aromatic rings. The highest BCUT2D eigenvalue weighted by Crippen LogP contribution is 2.16. The Bertz CT molecular complexity index is 680. The molecular weight excluding hydrogens is 288 g/mol. The number of methoxy groups -OCH3 is 1. The van der Waals surface area contributed by atoms with Gasteiger partial charge in [0.05, 0.1) is 12.0 Å². The number of hydrogen-bond acceptors (Lipinski definition) is 4. The van der Waals surface area contributed by atoms with Crippen LogP contribution in [0.4, 0.5) is 5.69 Å². The number of nitrogens with one attached hydrogen (secondary N) is 2. The van der Waals surface area contributed by atoms with Crippen LogP contribution in [0, 0.1) is 0 Å². The molecule has 0 saturated carbocycles. The van der Waals surface area contributed by atoms with E-state index in [0.717, 1.165) is 17.0 Å². The van der Waals surface area contributed by atoms with Gasteiger partial charge in [-0.15, -0.1) is 0 Å². The van der Waals surface area contributed by atoms with Gasteiger partial charge in [-0.3, -0.25) is 0 Å². The van der Waals surface area contributed by atoms with Crippen LogP contribution in [0.25, 0.3) is 0 Å². The number of ether oxygens (including phenoxy) is 1. The molecule has 5 nitrogen and oxygen atoms in total. The lowest BCUT2D eigenvalue weighted by Gasteiger charge is -2.08. The summed E-state index contributed by atoms with van der Waals surface area (Å²) in [5, 5.41) is 3.24. The molecule has 0 heterocycles. The summed E-state index contributed by atoms with van der Waals surface area (Å²) >= 11 is 0. The third kappa shape index (κ3) is 3.96. The maximum Gasteiger partial charge on any atom is 0.240 e. The Morgan fingerprint density at radius 2 is 1.62 bits per heavy atom. The number of sulfonamides is 1. The van der Waals surface area contributed by atoms with Gasteiger partial charge in [-0.05, 0) is 49.0 Å². The molecule has 6 heteroatoms. The lowest BCUT2D eigenvalue weighted by atomic mass is 10.2. The summed E-state index contributed by atoms with van der Waals surface area (Å²) in [7, 11) is -0.354. The maximum absolute atomic E-state index is 11.6. The van der Waals surface area contributed by atoms with E-state index in [4.69, 9.17) is 4.74 Å². The molecule has 0 unspecified atom stereocenters. The minimum Gasteiger partial charge on any atom is -0.497 e. The summed E-state index contributed by atoms with van der Waals surface area (Å²) in [6.07, 6.45) is 0. The van der Waals surface area contributed by atoms with E-state index in [9.17, 15) is 8.42 Å². The van der Waals surface area contributed by atoms with E-state index in [1.165, 1.54) is 7.05 Å². The molecule has 2 N–H and O–H groups in total. The molecule has 0 aromatic heterocycles. The molecule has 0 aliphatic carbocycles. The van der Waals surface area contributed by atoms with E-state index in [-0.39, 0.29) is 4.90 Å². The van der Waals surface area contributed by atoms with Crippen molar-refractivity contribution in [2.24, 2.45) is 0 Å². The normalized spacial score (nSPS) is 11.1. The van der Waals surface area contributed by atoms with Crippen LogP contribution in [-0.2, 0) is 16.6 Å². The van der Waals surface area contributed by atoms with Gasteiger partial charge in [0, 0.05) is 12.2 Å². The molecule has 0 fully saturated rings. The Kier molecular flexibility index (Phi) is 4.82. The number of benzene rings is 2. The molecule has 21 heavy (non-hydrogen) atoms. The quantitative estimate of drug-likeness (QED) is 0.858. The maximum atomic E-state index is 11.6. The third-order valence-electron chi connectivity index (χ3n) is 3.09. The largest absolute Gasteiger partial charge is 0.497 e. The first-order valence-corrected chi connectivity index (χ1v) is 7.94. The lowest BCUT2D eigenvalue weighted by Crippen LogP contribution is -2.18. The molecule has 2 aromatic carbocycles.